The molecule has 0 saturated heterocycles. The molecular weight excluding hydrogens is 242 g/mol. The van der Waals surface area contributed by atoms with E-state index in [4.69, 9.17) is 15.2 Å². The van der Waals surface area contributed by atoms with Crippen LogP contribution in [0.5, 0.6) is 11.5 Å². The molecule has 102 valence electrons. The average Bonchev–Trinajstić information content (AvgIpc) is 2.82. The van der Waals surface area contributed by atoms with E-state index in [1.165, 1.54) is 0 Å². The molecule has 0 bridgehead atoms. The van der Waals surface area contributed by atoms with Crippen LogP contribution in [0, 0.1) is 0 Å². The van der Waals surface area contributed by atoms with E-state index < -0.39 is 0 Å². The average molecular weight is 261 g/mol. The Bertz CT molecular complexity index is 551. The lowest BCUT2D eigenvalue weighted by atomic mass is 10.0. The number of aromatic nitrogens is 2. The Morgan fingerprint density at radius 3 is 2.68 bits per heavy atom. The molecular formula is C14H19N3O2. The van der Waals surface area contributed by atoms with Crippen LogP contribution >= 0.6 is 0 Å². The van der Waals surface area contributed by atoms with Gasteiger partial charge in [-0.2, -0.15) is 5.10 Å². The summed E-state index contributed by atoms with van der Waals surface area (Å²) in [6.07, 6.45) is 4.50. The second-order valence-electron chi connectivity index (χ2n) is 4.42. The molecule has 0 aliphatic rings. The third kappa shape index (κ3) is 2.88. The van der Waals surface area contributed by atoms with Gasteiger partial charge in [-0.1, -0.05) is 12.1 Å². The number of nitrogens with two attached hydrogens (primary N) is 1. The van der Waals surface area contributed by atoms with E-state index in [2.05, 4.69) is 5.10 Å². The molecule has 1 atom stereocenters. The Balaban J connectivity index is 2.25. The van der Waals surface area contributed by atoms with E-state index in [1.807, 2.05) is 37.6 Å². The van der Waals surface area contributed by atoms with Crippen LogP contribution in [0.4, 0.5) is 0 Å². The fourth-order valence-electron chi connectivity index (χ4n) is 2.15. The molecule has 2 rings (SSSR count). The van der Waals surface area contributed by atoms with Crippen molar-refractivity contribution in [3.05, 3.63) is 41.7 Å². The Kier molecular flexibility index (Phi) is 4.06. The van der Waals surface area contributed by atoms with Gasteiger partial charge in [0.05, 0.1) is 20.4 Å². The van der Waals surface area contributed by atoms with Crippen molar-refractivity contribution in [3.63, 3.8) is 0 Å². The fourth-order valence-corrected chi connectivity index (χ4v) is 2.15. The third-order valence-electron chi connectivity index (χ3n) is 3.05. The Labute approximate surface area is 112 Å². The molecule has 0 saturated carbocycles. The first-order chi connectivity index (χ1) is 9.15. The monoisotopic (exact) mass is 261 g/mol. The first kappa shape index (κ1) is 13.4. The summed E-state index contributed by atoms with van der Waals surface area (Å²) in [6, 6.07) is 5.58. The SMILES string of the molecule is COc1cccc(C(N)Cc2cnn(C)c2)c1OC. The second kappa shape index (κ2) is 5.75. The number of nitrogens with zero attached hydrogens (tertiary/aromatic N) is 2. The summed E-state index contributed by atoms with van der Waals surface area (Å²) in [5.74, 6) is 1.39. The first-order valence-corrected chi connectivity index (χ1v) is 6.09. The molecule has 0 aliphatic carbocycles. The van der Waals surface area contributed by atoms with Crippen molar-refractivity contribution < 1.29 is 9.47 Å². The lowest BCUT2D eigenvalue weighted by Crippen LogP contribution is -2.14. The van der Waals surface area contributed by atoms with E-state index in [9.17, 15) is 0 Å². The van der Waals surface area contributed by atoms with Gasteiger partial charge in [-0.3, -0.25) is 4.68 Å². The number of methoxy groups -OCH3 is 2. The van der Waals surface area contributed by atoms with Gasteiger partial charge in [0.2, 0.25) is 0 Å². The number of rotatable bonds is 5. The van der Waals surface area contributed by atoms with Gasteiger partial charge in [-0.15, -0.1) is 0 Å². The largest absolute Gasteiger partial charge is 0.493 e. The molecule has 0 amide bonds. The van der Waals surface area contributed by atoms with Crippen molar-refractivity contribution in [2.75, 3.05) is 14.2 Å². The summed E-state index contributed by atoms with van der Waals surface area (Å²) in [4.78, 5) is 0. The van der Waals surface area contributed by atoms with Gasteiger partial charge in [-0.05, 0) is 18.1 Å². The van der Waals surface area contributed by atoms with Crippen molar-refractivity contribution in [2.24, 2.45) is 12.8 Å². The molecule has 19 heavy (non-hydrogen) atoms. The van der Waals surface area contributed by atoms with E-state index >= 15 is 0 Å². The molecule has 1 heterocycles. The van der Waals surface area contributed by atoms with Crippen molar-refractivity contribution in [2.45, 2.75) is 12.5 Å². The van der Waals surface area contributed by atoms with Gasteiger partial charge >= 0.3 is 0 Å². The fraction of sp³-hybridized carbons (Fsp3) is 0.357. The lowest BCUT2D eigenvalue weighted by molar-refractivity contribution is 0.349. The highest BCUT2D eigenvalue weighted by Crippen LogP contribution is 2.34. The molecule has 2 N–H and O–H groups in total. The third-order valence-corrected chi connectivity index (χ3v) is 3.05. The molecule has 0 spiro atoms. The number of aryl methyl sites for hydroxylation is 1. The van der Waals surface area contributed by atoms with Crippen LogP contribution in [0.1, 0.15) is 17.2 Å². The number of hydrogen-bond donors (Lipinski definition) is 1. The molecule has 5 nitrogen and oxygen atoms in total. The minimum Gasteiger partial charge on any atom is -0.493 e. The van der Waals surface area contributed by atoms with Gasteiger partial charge in [0.1, 0.15) is 0 Å². The zero-order chi connectivity index (χ0) is 13.8. The summed E-state index contributed by atoms with van der Waals surface area (Å²) >= 11 is 0. The highest BCUT2D eigenvalue weighted by Gasteiger charge is 2.16. The van der Waals surface area contributed by atoms with Gasteiger partial charge in [0.15, 0.2) is 11.5 Å². The van der Waals surface area contributed by atoms with Gasteiger partial charge < -0.3 is 15.2 Å². The lowest BCUT2D eigenvalue weighted by Gasteiger charge is -2.17. The van der Waals surface area contributed by atoms with E-state index in [1.54, 1.807) is 18.9 Å². The van der Waals surface area contributed by atoms with Crippen molar-refractivity contribution >= 4 is 0 Å². The minimum absolute atomic E-state index is 0.158. The topological polar surface area (TPSA) is 62.3 Å². The number of para-hydroxylation sites is 1. The standard InChI is InChI=1S/C14H19N3O2/c1-17-9-10(8-16-17)7-12(15)11-5-4-6-13(18-2)14(11)19-3/h4-6,8-9,12H,7,15H2,1-3H3. The summed E-state index contributed by atoms with van der Waals surface area (Å²) in [7, 11) is 5.13. The summed E-state index contributed by atoms with van der Waals surface area (Å²) in [5.41, 5.74) is 8.30. The van der Waals surface area contributed by atoms with Gasteiger partial charge in [-0.25, -0.2) is 0 Å². The smallest absolute Gasteiger partial charge is 0.165 e. The summed E-state index contributed by atoms with van der Waals surface area (Å²) in [5, 5.41) is 4.14. The van der Waals surface area contributed by atoms with Crippen LogP contribution in [0.25, 0.3) is 0 Å². The molecule has 5 heteroatoms. The summed E-state index contributed by atoms with van der Waals surface area (Å²) in [6.45, 7) is 0. The van der Waals surface area contributed by atoms with E-state index in [0.29, 0.717) is 17.9 Å². The molecule has 0 radical (unpaired) electrons. The van der Waals surface area contributed by atoms with Crippen LogP contribution < -0.4 is 15.2 Å². The quantitative estimate of drug-likeness (QED) is 0.889. The number of hydrogen-bond acceptors (Lipinski definition) is 4. The van der Waals surface area contributed by atoms with Crippen molar-refractivity contribution in [1.29, 1.82) is 0 Å². The predicted octanol–water partition coefficient (Wildman–Crippen LogP) is 1.68. The molecule has 1 aromatic heterocycles. The molecule has 2 aromatic rings. The molecule has 1 unspecified atom stereocenters. The second-order valence-corrected chi connectivity index (χ2v) is 4.42. The molecule has 0 fully saturated rings. The molecule has 1 aromatic carbocycles. The minimum atomic E-state index is -0.158. The highest BCUT2D eigenvalue weighted by atomic mass is 16.5. The maximum atomic E-state index is 6.26. The Morgan fingerprint density at radius 1 is 1.32 bits per heavy atom. The zero-order valence-electron chi connectivity index (χ0n) is 11.5. The van der Waals surface area contributed by atoms with Crippen molar-refractivity contribution in [1.82, 2.24) is 9.78 Å². The number of ether oxygens (including phenoxy) is 2. The van der Waals surface area contributed by atoms with Crippen LogP contribution in [0.15, 0.2) is 30.6 Å². The maximum absolute atomic E-state index is 6.26. The van der Waals surface area contributed by atoms with Crippen LogP contribution in [0.2, 0.25) is 0 Å². The molecule has 0 aliphatic heterocycles. The van der Waals surface area contributed by atoms with E-state index in [0.717, 1.165) is 11.1 Å². The van der Waals surface area contributed by atoms with Gasteiger partial charge in [0.25, 0.3) is 0 Å². The normalized spacial score (nSPS) is 12.2. The van der Waals surface area contributed by atoms with Crippen LogP contribution in [-0.4, -0.2) is 24.0 Å². The maximum Gasteiger partial charge on any atom is 0.165 e. The first-order valence-electron chi connectivity index (χ1n) is 6.09. The summed E-state index contributed by atoms with van der Waals surface area (Å²) < 4.78 is 12.5. The van der Waals surface area contributed by atoms with Gasteiger partial charge in [0, 0.05) is 24.8 Å². The Morgan fingerprint density at radius 2 is 2.11 bits per heavy atom. The van der Waals surface area contributed by atoms with Crippen molar-refractivity contribution in [3.8, 4) is 11.5 Å². The predicted molar refractivity (Wildman–Crippen MR) is 73.4 cm³/mol. The zero-order valence-corrected chi connectivity index (χ0v) is 11.5. The Hall–Kier alpha value is -2.01. The van der Waals surface area contributed by atoms with Crippen LogP contribution in [0.3, 0.4) is 0 Å². The van der Waals surface area contributed by atoms with Crippen LogP contribution in [-0.2, 0) is 13.5 Å². The number of benzene rings is 1. The highest BCUT2D eigenvalue weighted by molar-refractivity contribution is 5.48. The van der Waals surface area contributed by atoms with E-state index in [-0.39, 0.29) is 6.04 Å².